The van der Waals surface area contributed by atoms with E-state index in [1.165, 1.54) is 11.3 Å². The van der Waals surface area contributed by atoms with Crippen molar-refractivity contribution in [2.75, 3.05) is 7.05 Å². The number of fused-ring (bicyclic) bond motifs is 1. The molecule has 4 nitrogen and oxygen atoms in total. The summed E-state index contributed by atoms with van der Waals surface area (Å²) in [6.07, 6.45) is 0.904. The summed E-state index contributed by atoms with van der Waals surface area (Å²) in [6, 6.07) is 9.76. The molecule has 1 aromatic carbocycles. The van der Waals surface area contributed by atoms with Gasteiger partial charge in [-0.2, -0.15) is 0 Å². The highest BCUT2D eigenvalue weighted by Crippen LogP contribution is 2.29. The van der Waals surface area contributed by atoms with Crippen molar-refractivity contribution in [1.82, 2.24) is 9.88 Å². The van der Waals surface area contributed by atoms with Crippen LogP contribution in [0.1, 0.15) is 52.9 Å². The molecule has 0 N–H and O–H groups in total. The van der Waals surface area contributed by atoms with Gasteiger partial charge in [0, 0.05) is 18.9 Å². The van der Waals surface area contributed by atoms with E-state index in [2.05, 4.69) is 18.8 Å². The minimum Gasteiger partial charge on any atom is -0.459 e. The monoisotopic (exact) mass is 356 g/mol. The summed E-state index contributed by atoms with van der Waals surface area (Å²) in [5.74, 6) is 1.32. The first-order chi connectivity index (χ1) is 11.9. The first kappa shape index (κ1) is 17.7. The van der Waals surface area contributed by atoms with Crippen LogP contribution in [0.4, 0.5) is 0 Å². The summed E-state index contributed by atoms with van der Waals surface area (Å²) in [6.45, 7) is 8.22. The Morgan fingerprint density at radius 1 is 1.28 bits per heavy atom. The lowest BCUT2D eigenvalue weighted by atomic mass is 10.1. The number of thiazole rings is 1. The minimum absolute atomic E-state index is 0.00189. The van der Waals surface area contributed by atoms with Crippen molar-refractivity contribution >= 4 is 28.2 Å². The van der Waals surface area contributed by atoms with Gasteiger partial charge in [-0.15, -0.1) is 11.3 Å². The molecule has 0 bridgehead atoms. The highest BCUT2D eigenvalue weighted by molar-refractivity contribution is 7.13. The van der Waals surface area contributed by atoms with Crippen molar-refractivity contribution in [3.8, 4) is 0 Å². The molecule has 1 amide bonds. The van der Waals surface area contributed by atoms with Crippen LogP contribution in [0.25, 0.3) is 11.0 Å². The van der Waals surface area contributed by atoms with E-state index in [0.29, 0.717) is 5.92 Å². The number of hydrogen-bond donors (Lipinski definition) is 0. The molecule has 0 spiro atoms. The molecular formula is C20H24N2O2S. The van der Waals surface area contributed by atoms with Crippen LogP contribution < -0.4 is 0 Å². The Hall–Kier alpha value is -2.14. The molecule has 0 fully saturated rings. The van der Waals surface area contributed by atoms with Gasteiger partial charge in [0.25, 0.3) is 5.91 Å². The van der Waals surface area contributed by atoms with Gasteiger partial charge in [-0.25, -0.2) is 4.98 Å². The minimum atomic E-state index is -0.144. The number of para-hydroxylation sites is 1. The van der Waals surface area contributed by atoms with Crippen LogP contribution in [-0.2, 0) is 6.42 Å². The van der Waals surface area contributed by atoms with E-state index in [1.807, 2.05) is 51.2 Å². The molecule has 2 aromatic heterocycles. The van der Waals surface area contributed by atoms with E-state index in [4.69, 9.17) is 4.42 Å². The van der Waals surface area contributed by atoms with Gasteiger partial charge < -0.3 is 9.32 Å². The molecule has 3 aromatic rings. The quantitative estimate of drug-likeness (QED) is 0.629. The van der Waals surface area contributed by atoms with E-state index in [1.54, 1.807) is 4.90 Å². The number of benzene rings is 1. The van der Waals surface area contributed by atoms with Gasteiger partial charge in [0.15, 0.2) is 0 Å². The molecule has 0 saturated carbocycles. The fourth-order valence-corrected chi connectivity index (χ4v) is 4.08. The summed E-state index contributed by atoms with van der Waals surface area (Å²) >= 11 is 1.51. The van der Waals surface area contributed by atoms with Crippen LogP contribution in [0, 0.1) is 12.8 Å². The molecule has 1 unspecified atom stereocenters. The molecule has 3 rings (SSSR count). The average Bonchev–Trinajstić information content (AvgIpc) is 3.15. The topological polar surface area (TPSA) is 46.3 Å². The molecule has 0 aliphatic heterocycles. The van der Waals surface area contributed by atoms with Crippen molar-refractivity contribution in [3.63, 3.8) is 0 Å². The third kappa shape index (κ3) is 3.61. The normalized spacial score (nSPS) is 12.7. The maximum Gasteiger partial charge on any atom is 0.266 e. The standard InChI is InChI=1S/C20H24N2O2S/c1-12(2)10-18-21-13(3)19(25-18)20(23)22(5)14(4)17-11-15-8-6-7-9-16(15)24-17/h6-9,11-12,14H,10H2,1-5H3. The van der Waals surface area contributed by atoms with E-state index in [9.17, 15) is 4.79 Å². The molecule has 2 heterocycles. The molecular weight excluding hydrogens is 332 g/mol. The number of carbonyl (C=O) groups excluding carboxylic acids is 1. The lowest BCUT2D eigenvalue weighted by molar-refractivity contribution is 0.0731. The highest BCUT2D eigenvalue weighted by Gasteiger charge is 2.25. The van der Waals surface area contributed by atoms with Crippen LogP contribution >= 0.6 is 11.3 Å². The number of nitrogens with zero attached hydrogens (tertiary/aromatic N) is 2. The van der Waals surface area contributed by atoms with Crippen molar-refractivity contribution in [1.29, 1.82) is 0 Å². The van der Waals surface area contributed by atoms with Crippen LogP contribution in [0.3, 0.4) is 0 Å². The van der Waals surface area contributed by atoms with Gasteiger partial charge in [0.2, 0.25) is 0 Å². The van der Waals surface area contributed by atoms with E-state index in [0.717, 1.165) is 38.7 Å². The second kappa shape index (κ2) is 7.00. The van der Waals surface area contributed by atoms with Crippen LogP contribution in [-0.4, -0.2) is 22.8 Å². The number of hydrogen-bond acceptors (Lipinski definition) is 4. The Morgan fingerprint density at radius 2 is 2.00 bits per heavy atom. The maximum atomic E-state index is 12.9. The predicted molar refractivity (Wildman–Crippen MR) is 102 cm³/mol. The Labute approximate surface area is 152 Å². The fraction of sp³-hybridized carbons (Fsp3) is 0.400. The molecule has 0 saturated heterocycles. The molecule has 0 aliphatic carbocycles. The smallest absolute Gasteiger partial charge is 0.266 e. The molecule has 0 aliphatic rings. The molecule has 25 heavy (non-hydrogen) atoms. The number of furan rings is 1. The summed E-state index contributed by atoms with van der Waals surface area (Å²) in [5, 5.41) is 2.08. The van der Waals surface area contributed by atoms with E-state index < -0.39 is 0 Å². The van der Waals surface area contributed by atoms with E-state index >= 15 is 0 Å². The second-order valence-corrected chi connectivity index (χ2v) is 7.98. The zero-order valence-electron chi connectivity index (χ0n) is 15.4. The summed E-state index contributed by atoms with van der Waals surface area (Å²) in [7, 11) is 1.82. The van der Waals surface area contributed by atoms with E-state index in [-0.39, 0.29) is 11.9 Å². The third-order valence-corrected chi connectivity index (χ3v) is 5.54. The maximum absolute atomic E-state index is 12.9. The fourth-order valence-electron chi connectivity index (χ4n) is 2.82. The number of amides is 1. The number of aryl methyl sites for hydroxylation is 1. The molecule has 1 atom stereocenters. The van der Waals surface area contributed by atoms with Crippen molar-refractivity contribution in [3.05, 3.63) is 51.7 Å². The third-order valence-electron chi connectivity index (χ3n) is 4.38. The largest absolute Gasteiger partial charge is 0.459 e. The molecule has 0 radical (unpaired) electrons. The Bertz CT molecular complexity index is 861. The van der Waals surface area contributed by atoms with Gasteiger partial charge >= 0.3 is 0 Å². The summed E-state index contributed by atoms with van der Waals surface area (Å²) < 4.78 is 5.92. The summed E-state index contributed by atoms with van der Waals surface area (Å²) in [5.41, 5.74) is 1.66. The SMILES string of the molecule is Cc1nc(CC(C)C)sc1C(=O)N(C)C(C)c1cc2ccccc2o1. The molecule has 132 valence electrons. The van der Waals surface area contributed by atoms with Gasteiger partial charge in [0.1, 0.15) is 16.2 Å². The van der Waals surface area contributed by atoms with Gasteiger partial charge in [-0.1, -0.05) is 32.0 Å². The van der Waals surface area contributed by atoms with Crippen molar-refractivity contribution in [2.24, 2.45) is 5.92 Å². The first-order valence-corrected chi connectivity index (χ1v) is 9.40. The zero-order valence-corrected chi connectivity index (χ0v) is 16.2. The lowest BCUT2D eigenvalue weighted by Gasteiger charge is -2.22. The number of aromatic nitrogens is 1. The van der Waals surface area contributed by atoms with Crippen LogP contribution in [0.5, 0.6) is 0 Å². The highest BCUT2D eigenvalue weighted by atomic mass is 32.1. The Kier molecular flexibility index (Phi) is 4.95. The van der Waals surface area contributed by atoms with Gasteiger partial charge in [0.05, 0.1) is 16.7 Å². The van der Waals surface area contributed by atoms with Crippen LogP contribution in [0.15, 0.2) is 34.7 Å². The lowest BCUT2D eigenvalue weighted by Crippen LogP contribution is -2.29. The Morgan fingerprint density at radius 3 is 2.68 bits per heavy atom. The number of carbonyl (C=O) groups is 1. The van der Waals surface area contributed by atoms with Crippen LogP contribution in [0.2, 0.25) is 0 Å². The van der Waals surface area contributed by atoms with Crippen molar-refractivity contribution < 1.29 is 9.21 Å². The average molecular weight is 356 g/mol. The first-order valence-electron chi connectivity index (χ1n) is 8.58. The predicted octanol–water partition coefficient (Wildman–Crippen LogP) is 5.23. The summed E-state index contributed by atoms with van der Waals surface area (Å²) in [4.78, 5) is 20.0. The van der Waals surface area contributed by atoms with Gasteiger partial charge in [-0.3, -0.25) is 4.79 Å². The Balaban J connectivity index is 1.82. The second-order valence-electron chi connectivity index (χ2n) is 6.90. The van der Waals surface area contributed by atoms with Gasteiger partial charge in [-0.05, 0) is 31.9 Å². The zero-order chi connectivity index (χ0) is 18.1. The number of rotatable bonds is 5. The molecule has 5 heteroatoms. The van der Waals surface area contributed by atoms with Crippen molar-refractivity contribution in [2.45, 2.75) is 40.2 Å².